The minimum absolute atomic E-state index is 0.0572. The third-order valence-electron chi connectivity index (χ3n) is 6.42. The van der Waals surface area contributed by atoms with Crippen LogP contribution in [0.2, 0.25) is 0 Å². The van der Waals surface area contributed by atoms with Crippen LogP contribution in [0.15, 0.2) is 72.8 Å². The maximum atomic E-state index is 13.4. The number of hydrogen-bond acceptors (Lipinski definition) is 3. The molecule has 178 valence electrons. The summed E-state index contributed by atoms with van der Waals surface area (Å²) in [5.41, 5.74) is 2.58. The monoisotopic (exact) mass is 461 g/mol. The molecule has 0 N–H and O–H groups in total. The Balaban J connectivity index is 1.49. The maximum absolute atomic E-state index is 13.4. The second-order valence-electron chi connectivity index (χ2n) is 8.96. The number of methoxy groups -OCH3 is 1. The average molecular weight is 462 g/mol. The first kappa shape index (κ1) is 23.8. The lowest BCUT2D eigenvalue weighted by molar-refractivity contribution is 0.0699. The highest BCUT2D eigenvalue weighted by Gasteiger charge is 2.22. The fourth-order valence-electron chi connectivity index (χ4n) is 4.56. The van der Waals surface area contributed by atoms with Crippen molar-refractivity contribution in [2.24, 2.45) is 5.92 Å². The molecule has 4 nitrogen and oxygen atoms in total. The van der Waals surface area contributed by atoms with Gasteiger partial charge in [0.1, 0.15) is 12.4 Å². The Hall–Kier alpha value is -3.34. The Morgan fingerprint density at radius 3 is 2.32 bits per heavy atom. The lowest BCUT2D eigenvalue weighted by Gasteiger charge is -2.30. The Morgan fingerprint density at radius 1 is 0.912 bits per heavy atom. The van der Waals surface area contributed by atoms with E-state index in [0.29, 0.717) is 36.1 Å². The number of carbonyl (C=O) groups excluding carboxylic acids is 1. The Kier molecular flexibility index (Phi) is 8.18. The molecule has 3 aromatic rings. The number of amides is 1. The molecule has 0 spiro atoms. The third-order valence-corrected chi connectivity index (χ3v) is 6.42. The maximum Gasteiger partial charge on any atom is 0.254 e. The lowest BCUT2D eigenvalue weighted by Crippen LogP contribution is -2.35. The standard InChI is InChI=1S/C29H32FNO3/c1-33-28-18-24(14-17-27(28)34-21-23-12-15-26(30)16-13-23)20-31(19-22-8-4-2-5-9-22)29(32)25-10-6-3-7-11-25/h3,6-7,10-18,22H,2,4-5,8-9,19-21H2,1H3. The number of benzene rings is 3. The number of carbonyl (C=O) groups is 1. The summed E-state index contributed by atoms with van der Waals surface area (Å²) in [6.07, 6.45) is 6.13. The van der Waals surface area contributed by atoms with Crippen LogP contribution < -0.4 is 9.47 Å². The zero-order valence-corrected chi connectivity index (χ0v) is 19.7. The van der Waals surface area contributed by atoms with E-state index in [0.717, 1.165) is 17.7 Å². The topological polar surface area (TPSA) is 38.8 Å². The van der Waals surface area contributed by atoms with Crippen LogP contribution in [0, 0.1) is 11.7 Å². The molecule has 0 unspecified atom stereocenters. The van der Waals surface area contributed by atoms with Gasteiger partial charge in [0.2, 0.25) is 0 Å². The molecule has 34 heavy (non-hydrogen) atoms. The van der Waals surface area contributed by atoms with Gasteiger partial charge in [-0.2, -0.15) is 0 Å². The largest absolute Gasteiger partial charge is 0.493 e. The van der Waals surface area contributed by atoms with E-state index in [1.54, 1.807) is 19.2 Å². The van der Waals surface area contributed by atoms with Crippen molar-refractivity contribution in [2.75, 3.05) is 13.7 Å². The quantitative estimate of drug-likeness (QED) is 0.359. The highest BCUT2D eigenvalue weighted by atomic mass is 19.1. The van der Waals surface area contributed by atoms with Crippen LogP contribution in [0.25, 0.3) is 0 Å². The number of rotatable bonds is 9. The van der Waals surface area contributed by atoms with Crippen LogP contribution in [0.1, 0.15) is 53.6 Å². The minimum Gasteiger partial charge on any atom is -0.493 e. The summed E-state index contributed by atoms with van der Waals surface area (Å²) in [5.74, 6) is 1.56. The van der Waals surface area contributed by atoms with Gasteiger partial charge in [-0.25, -0.2) is 4.39 Å². The summed E-state index contributed by atoms with van der Waals surface area (Å²) in [5, 5.41) is 0. The number of halogens is 1. The molecular weight excluding hydrogens is 429 g/mol. The van der Waals surface area contributed by atoms with Gasteiger partial charge in [0, 0.05) is 18.7 Å². The summed E-state index contributed by atoms with van der Waals surface area (Å²) in [4.78, 5) is 15.3. The van der Waals surface area contributed by atoms with Gasteiger partial charge in [-0.15, -0.1) is 0 Å². The summed E-state index contributed by atoms with van der Waals surface area (Å²) >= 11 is 0. The molecule has 0 bridgehead atoms. The molecule has 0 heterocycles. The zero-order valence-electron chi connectivity index (χ0n) is 19.7. The van der Waals surface area contributed by atoms with Crippen LogP contribution in [0.5, 0.6) is 11.5 Å². The van der Waals surface area contributed by atoms with Crippen LogP contribution in [-0.4, -0.2) is 24.5 Å². The minimum atomic E-state index is -0.270. The Bertz CT molecular complexity index is 1060. The molecule has 0 atom stereocenters. The third kappa shape index (κ3) is 6.37. The molecule has 0 saturated heterocycles. The molecule has 1 fully saturated rings. The van der Waals surface area contributed by atoms with Gasteiger partial charge in [0.15, 0.2) is 11.5 Å². The number of nitrogens with zero attached hydrogens (tertiary/aromatic N) is 1. The van der Waals surface area contributed by atoms with Gasteiger partial charge < -0.3 is 14.4 Å². The molecule has 1 aliphatic rings. The molecule has 0 aromatic heterocycles. The van der Waals surface area contributed by atoms with E-state index in [2.05, 4.69) is 0 Å². The lowest BCUT2D eigenvalue weighted by atomic mass is 9.88. The summed E-state index contributed by atoms with van der Waals surface area (Å²) in [6, 6.07) is 21.5. The van der Waals surface area contributed by atoms with Gasteiger partial charge in [-0.05, 0) is 66.3 Å². The van der Waals surface area contributed by atoms with E-state index in [1.165, 1.54) is 44.2 Å². The fourth-order valence-corrected chi connectivity index (χ4v) is 4.56. The van der Waals surface area contributed by atoms with Crippen molar-refractivity contribution in [3.63, 3.8) is 0 Å². The van der Waals surface area contributed by atoms with Crippen LogP contribution in [0.4, 0.5) is 4.39 Å². The zero-order chi connectivity index (χ0) is 23.8. The van der Waals surface area contributed by atoms with E-state index in [9.17, 15) is 9.18 Å². The first-order valence-electron chi connectivity index (χ1n) is 12.0. The van der Waals surface area contributed by atoms with Crippen LogP contribution in [-0.2, 0) is 13.2 Å². The normalized spacial score (nSPS) is 13.9. The van der Waals surface area contributed by atoms with Crippen molar-refractivity contribution >= 4 is 5.91 Å². The molecule has 0 radical (unpaired) electrons. The molecular formula is C29H32FNO3. The van der Waals surface area contributed by atoms with E-state index in [4.69, 9.17) is 9.47 Å². The van der Waals surface area contributed by atoms with Crippen molar-refractivity contribution in [1.29, 1.82) is 0 Å². The van der Waals surface area contributed by atoms with Crippen LogP contribution >= 0.6 is 0 Å². The van der Waals surface area contributed by atoms with Crippen molar-refractivity contribution in [2.45, 2.75) is 45.3 Å². The molecule has 1 aliphatic carbocycles. The summed E-state index contributed by atoms with van der Waals surface area (Å²) < 4.78 is 24.6. The van der Waals surface area contributed by atoms with Crippen molar-refractivity contribution in [3.05, 3.63) is 95.3 Å². The number of ether oxygens (including phenoxy) is 2. The van der Waals surface area contributed by atoms with Gasteiger partial charge in [0.05, 0.1) is 7.11 Å². The van der Waals surface area contributed by atoms with Gasteiger partial charge >= 0.3 is 0 Å². The first-order chi connectivity index (χ1) is 16.6. The van der Waals surface area contributed by atoms with E-state index >= 15 is 0 Å². The molecule has 4 rings (SSSR count). The van der Waals surface area contributed by atoms with Gasteiger partial charge in [0.25, 0.3) is 5.91 Å². The first-order valence-corrected chi connectivity index (χ1v) is 12.0. The van der Waals surface area contributed by atoms with E-state index in [-0.39, 0.29) is 11.7 Å². The second kappa shape index (κ2) is 11.7. The highest BCUT2D eigenvalue weighted by molar-refractivity contribution is 5.94. The molecule has 5 heteroatoms. The van der Waals surface area contributed by atoms with Crippen LogP contribution in [0.3, 0.4) is 0 Å². The van der Waals surface area contributed by atoms with Crippen molar-refractivity contribution in [1.82, 2.24) is 4.90 Å². The average Bonchev–Trinajstić information content (AvgIpc) is 2.89. The summed E-state index contributed by atoms with van der Waals surface area (Å²) in [6.45, 7) is 1.59. The predicted octanol–water partition coefficient (Wildman–Crippen LogP) is 6.64. The Morgan fingerprint density at radius 2 is 1.62 bits per heavy atom. The van der Waals surface area contributed by atoms with Crippen molar-refractivity contribution in [3.8, 4) is 11.5 Å². The molecule has 1 amide bonds. The van der Waals surface area contributed by atoms with E-state index in [1.807, 2.05) is 53.4 Å². The molecule has 3 aromatic carbocycles. The summed E-state index contributed by atoms with van der Waals surface area (Å²) in [7, 11) is 1.61. The molecule has 0 aliphatic heterocycles. The number of hydrogen-bond donors (Lipinski definition) is 0. The highest BCUT2D eigenvalue weighted by Crippen LogP contribution is 2.31. The Labute approximate surface area is 201 Å². The van der Waals surface area contributed by atoms with Crippen molar-refractivity contribution < 1.29 is 18.7 Å². The SMILES string of the molecule is COc1cc(CN(CC2CCCCC2)C(=O)c2ccccc2)ccc1OCc1ccc(F)cc1. The van der Waals surface area contributed by atoms with Gasteiger partial charge in [-0.1, -0.05) is 55.7 Å². The van der Waals surface area contributed by atoms with E-state index < -0.39 is 0 Å². The second-order valence-corrected chi connectivity index (χ2v) is 8.96. The predicted molar refractivity (Wildman–Crippen MR) is 131 cm³/mol. The van der Waals surface area contributed by atoms with Gasteiger partial charge in [-0.3, -0.25) is 4.79 Å². The fraction of sp³-hybridized carbons (Fsp3) is 0.345. The smallest absolute Gasteiger partial charge is 0.254 e. The molecule has 1 saturated carbocycles.